The molecule has 2 N–H and O–H groups in total. The van der Waals surface area contributed by atoms with Gasteiger partial charge in [-0.3, -0.25) is 0 Å². The van der Waals surface area contributed by atoms with Crippen molar-refractivity contribution in [3.8, 4) is 0 Å². The molecule has 1 aliphatic carbocycles. The molecule has 1 aliphatic rings. The van der Waals surface area contributed by atoms with Crippen LogP contribution in [0.3, 0.4) is 0 Å². The second-order valence-corrected chi connectivity index (χ2v) is 18.2. The molecule has 1 fully saturated rings. The summed E-state index contributed by atoms with van der Waals surface area (Å²) in [6.45, 7) is 13.9. The van der Waals surface area contributed by atoms with E-state index in [1.54, 1.807) is 14.0 Å². The van der Waals surface area contributed by atoms with Crippen molar-refractivity contribution in [2.45, 2.75) is 90.0 Å². The molecule has 0 aromatic carbocycles. The lowest BCUT2D eigenvalue weighted by Gasteiger charge is -2.32. The lowest BCUT2D eigenvalue weighted by atomic mass is 9.79. The molecule has 27 heavy (non-hydrogen) atoms. The van der Waals surface area contributed by atoms with Gasteiger partial charge < -0.3 is 23.8 Å². The Morgan fingerprint density at radius 1 is 1.00 bits per heavy atom. The molecule has 0 spiro atoms. The summed E-state index contributed by atoms with van der Waals surface area (Å²) >= 11 is 0. The summed E-state index contributed by atoms with van der Waals surface area (Å²) in [6, 6.07) is 2.24. The number of aliphatic hydroxyl groups is 2. The van der Waals surface area contributed by atoms with E-state index >= 15 is 0 Å². The smallest absolute Gasteiger partial charge is 0.188 e. The van der Waals surface area contributed by atoms with Crippen LogP contribution in [-0.4, -0.2) is 66.5 Å². The molecule has 0 amide bonds. The van der Waals surface area contributed by atoms with Crippen LogP contribution in [0.2, 0.25) is 38.3 Å². The Kier molecular flexibility index (Phi) is 13.6. The summed E-state index contributed by atoms with van der Waals surface area (Å²) in [6.07, 6.45) is 4.30. The third kappa shape index (κ3) is 13.9. The van der Waals surface area contributed by atoms with E-state index in [9.17, 15) is 5.11 Å². The number of rotatable bonds is 10. The molecule has 0 aromatic heterocycles. The maximum atomic E-state index is 9.65. The van der Waals surface area contributed by atoms with E-state index in [1.807, 2.05) is 7.11 Å². The van der Waals surface area contributed by atoms with Crippen molar-refractivity contribution in [1.29, 1.82) is 0 Å². The standard InChI is InChI=1S/C12H26O2Si.C8H20O3Si/c1-10-9-11(5-6-12(10)13)7-8-15(3,4)14-2;1-8(9)7-11-5-6-12(3,4)10-2/h10-13H,5-9H2,1-4H3;8-9H,5-7H2,1-4H3. The monoisotopic (exact) mass is 422 g/mol. The highest BCUT2D eigenvalue weighted by molar-refractivity contribution is 6.71. The van der Waals surface area contributed by atoms with Crippen LogP contribution in [0, 0.1) is 11.8 Å². The van der Waals surface area contributed by atoms with E-state index in [0.29, 0.717) is 19.1 Å². The fourth-order valence-electron chi connectivity index (χ4n) is 3.08. The van der Waals surface area contributed by atoms with Gasteiger partial charge in [0.1, 0.15) is 0 Å². The van der Waals surface area contributed by atoms with E-state index in [1.165, 1.54) is 25.3 Å². The van der Waals surface area contributed by atoms with Gasteiger partial charge in [0.05, 0.1) is 18.8 Å². The summed E-state index contributed by atoms with van der Waals surface area (Å²) in [5, 5.41) is 18.5. The number of hydrogen-bond donors (Lipinski definition) is 2. The number of hydrogen-bond acceptors (Lipinski definition) is 5. The Balaban J connectivity index is 0.000000516. The van der Waals surface area contributed by atoms with Crippen LogP contribution >= 0.6 is 0 Å². The molecule has 0 radical (unpaired) electrons. The molecule has 0 aromatic rings. The molecule has 1 rings (SSSR count). The van der Waals surface area contributed by atoms with E-state index in [0.717, 1.165) is 18.4 Å². The average Bonchev–Trinajstić information content (AvgIpc) is 2.60. The topological polar surface area (TPSA) is 68.2 Å². The predicted octanol–water partition coefficient (Wildman–Crippen LogP) is 4.26. The van der Waals surface area contributed by atoms with Crippen LogP contribution in [0.25, 0.3) is 0 Å². The summed E-state index contributed by atoms with van der Waals surface area (Å²) in [4.78, 5) is 0. The van der Waals surface area contributed by atoms with Gasteiger partial charge in [-0.05, 0) is 76.3 Å². The first kappa shape index (κ1) is 27.2. The fraction of sp³-hybridized carbons (Fsp3) is 1.00. The minimum atomic E-state index is -1.46. The van der Waals surface area contributed by atoms with Gasteiger partial charge >= 0.3 is 0 Å². The minimum Gasteiger partial charge on any atom is -0.420 e. The molecule has 164 valence electrons. The number of ether oxygens (including phenoxy) is 1. The largest absolute Gasteiger partial charge is 0.420 e. The quantitative estimate of drug-likeness (QED) is 0.407. The molecule has 1 saturated carbocycles. The van der Waals surface area contributed by atoms with Gasteiger partial charge in [-0.1, -0.05) is 13.3 Å². The van der Waals surface area contributed by atoms with Crippen molar-refractivity contribution in [2.24, 2.45) is 11.8 Å². The molecule has 4 atom stereocenters. The van der Waals surface area contributed by atoms with Crippen LogP contribution < -0.4 is 0 Å². The van der Waals surface area contributed by atoms with E-state index in [-0.39, 0.29) is 12.2 Å². The van der Waals surface area contributed by atoms with Gasteiger partial charge in [-0.15, -0.1) is 0 Å². The molecular formula is C20H46O5Si2. The Morgan fingerprint density at radius 3 is 2.04 bits per heavy atom. The zero-order chi connectivity index (χ0) is 21.1. The van der Waals surface area contributed by atoms with Crippen LogP contribution in [0.4, 0.5) is 0 Å². The Morgan fingerprint density at radius 2 is 1.56 bits per heavy atom. The van der Waals surface area contributed by atoms with E-state index in [4.69, 9.17) is 18.7 Å². The van der Waals surface area contributed by atoms with Gasteiger partial charge in [0, 0.05) is 20.8 Å². The van der Waals surface area contributed by atoms with Gasteiger partial charge in [0.2, 0.25) is 0 Å². The molecule has 0 bridgehead atoms. The summed E-state index contributed by atoms with van der Waals surface area (Å²) in [7, 11) is 0.779. The first-order valence-electron chi connectivity index (χ1n) is 10.5. The second kappa shape index (κ2) is 13.5. The fourth-order valence-corrected chi connectivity index (χ4v) is 5.23. The summed E-state index contributed by atoms with van der Waals surface area (Å²) in [5.74, 6) is 1.32. The predicted molar refractivity (Wildman–Crippen MR) is 118 cm³/mol. The maximum absolute atomic E-state index is 9.65. The zero-order valence-corrected chi connectivity index (χ0v) is 21.1. The Bertz CT molecular complexity index is 377. The van der Waals surface area contributed by atoms with Gasteiger partial charge in [-0.2, -0.15) is 0 Å². The molecule has 0 aliphatic heterocycles. The molecule has 0 heterocycles. The maximum Gasteiger partial charge on any atom is 0.188 e. The van der Waals surface area contributed by atoms with E-state index < -0.39 is 16.6 Å². The number of aliphatic hydroxyl groups excluding tert-OH is 2. The summed E-state index contributed by atoms with van der Waals surface area (Å²) < 4.78 is 16.1. The van der Waals surface area contributed by atoms with Crippen LogP contribution in [-0.2, 0) is 13.6 Å². The molecule has 7 heteroatoms. The summed E-state index contributed by atoms with van der Waals surface area (Å²) in [5.41, 5.74) is 0. The highest BCUT2D eigenvalue weighted by Gasteiger charge is 2.28. The first-order chi connectivity index (χ1) is 12.4. The van der Waals surface area contributed by atoms with Gasteiger partial charge in [-0.25, -0.2) is 0 Å². The second-order valence-electron chi connectivity index (χ2n) is 9.36. The highest BCUT2D eigenvalue weighted by atomic mass is 28.4. The first-order valence-corrected chi connectivity index (χ1v) is 16.7. The molecule has 4 unspecified atom stereocenters. The Labute approximate surface area is 170 Å². The van der Waals surface area contributed by atoms with Crippen molar-refractivity contribution in [2.75, 3.05) is 27.4 Å². The van der Waals surface area contributed by atoms with Crippen molar-refractivity contribution in [1.82, 2.24) is 0 Å². The van der Waals surface area contributed by atoms with Crippen molar-refractivity contribution in [3.63, 3.8) is 0 Å². The van der Waals surface area contributed by atoms with Crippen molar-refractivity contribution in [3.05, 3.63) is 0 Å². The third-order valence-corrected chi connectivity index (χ3v) is 10.8. The lowest BCUT2D eigenvalue weighted by molar-refractivity contribution is 0.0514. The van der Waals surface area contributed by atoms with Crippen molar-refractivity contribution < 1.29 is 23.8 Å². The van der Waals surface area contributed by atoms with Crippen LogP contribution in [0.5, 0.6) is 0 Å². The lowest BCUT2D eigenvalue weighted by Crippen LogP contribution is -2.31. The van der Waals surface area contributed by atoms with Crippen LogP contribution in [0.15, 0.2) is 0 Å². The third-order valence-electron chi connectivity index (χ3n) is 5.70. The molecular weight excluding hydrogens is 376 g/mol. The van der Waals surface area contributed by atoms with E-state index in [2.05, 4.69) is 33.1 Å². The highest BCUT2D eigenvalue weighted by Crippen LogP contribution is 2.33. The molecule has 0 saturated heterocycles. The van der Waals surface area contributed by atoms with Gasteiger partial charge in [0.15, 0.2) is 16.6 Å². The van der Waals surface area contributed by atoms with Crippen LogP contribution in [0.1, 0.15) is 39.5 Å². The molecule has 5 nitrogen and oxygen atoms in total. The SMILES string of the molecule is CO[Si](C)(C)CCC1CCC(O)C(C)C1.CO[Si](C)(C)CCOCC(C)O. The normalized spacial score (nSPS) is 24.9. The Hall–Kier alpha value is 0.234. The minimum absolute atomic E-state index is 0.0473. The average molecular weight is 423 g/mol. The van der Waals surface area contributed by atoms with Crippen molar-refractivity contribution >= 4 is 16.6 Å². The zero-order valence-electron chi connectivity index (χ0n) is 19.1. The van der Waals surface area contributed by atoms with Gasteiger partial charge in [0.25, 0.3) is 0 Å².